The number of amides is 1. The van der Waals surface area contributed by atoms with Crippen molar-refractivity contribution >= 4 is 12.1 Å². The van der Waals surface area contributed by atoms with Gasteiger partial charge in [0.05, 0.1) is 13.2 Å². The lowest BCUT2D eigenvalue weighted by molar-refractivity contribution is -0.148. The van der Waals surface area contributed by atoms with Crippen molar-refractivity contribution in [3.05, 3.63) is 0 Å². The summed E-state index contributed by atoms with van der Waals surface area (Å²) in [4.78, 5) is 25.6. The second-order valence-electron chi connectivity index (χ2n) is 8.52. The van der Waals surface area contributed by atoms with Crippen LogP contribution in [0, 0.1) is 0 Å². The molecular formula is C25H49NO4. The van der Waals surface area contributed by atoms with Gasteiger partial charge in [-0.05, 0) is 19.8 Å². The van der Waals surface area contributed by atoms with Crippen LogP contribution in [0.4, 0.5) is 4.79 Å². The van der Waals surface area contributed by atoms with Gasteiger partial charge in [0.2, 0.25) is 0 Å². The van der Waals surface area contributed by atoms with E-state index >= 15 is 0 Å². The molecule has 5 heteroatoms. The normalized spacial score (nSPS) is 11.9. The Hall–Kier alpha value is -1.26. The van der Waals surface area contributed by atoms with Crippen LogP contribution in [0.15, 0.2) is 0 Å². The summed E-state index contributed by atoms with van der Waals surface area (Å²) in [5, 5.41) is 0. The van der Waals surface area contributed by atoms with Gasteiger partial charge in [-0.25, -0.2) is 9.59 Å². The maximum absolute atomic E-state index is 12.2. The van der Waals surface area contributed by atoms with Gasteiger partial charge in [-0.3, -0.25) is 4.90 Å². The number of hydrogen-bond donors (Lipinski definition) is 0. The summed E-state index contributed by atoms with van der Waals surface area (Å²) in [6, 6.07) is -0.620. The number of unbranched alkanes of at least 4 members (excludes halogenated alkanes) is 14. The second-order valence-corrected chi connectivity index (χ2v) is 8.52. The van der Waals surface area contributed by atoms with E-state index in [2.05, 4.69) is 13.8 Å². The van der Waals surface area contributed by atoms with Crippen molar-refractivity contribution in [2.24, 2.45) is 0 Å². The zero-order valence-electron chi connectivity index (χ0n) is 20.4. The molecule has 0 heterocycles. The van der Waals surface area contributed by atoms with Crippen molar-refractivity contribution in [3.8, 4) is 0 Å². The first kappa shape index (κ1) is 28.7. The fourth-order valence-corrected chi connectivity index (χ4v) is 3.34. The average molecular weight is 428 g/mol. The summed E-state index contributed by atoms with van der Waals surface area (Å²) >= 11 is 0. The SMILES string of the molecule is CCCCCCCCCCCCOC(=O)C(C)N(C)C(=O)OCCCCCCCC. The summed E-state index contributed by atoms with van der Waals surface area (Å²) in [6.07, 6.45) is 18.9. The Bertz CT molecular complexity index is 414. The summed E-state index contributed by atoms with van der Waals surface area (Å²) < 4.78 is 10.6. The van der Waals surface area contributed by atoms with Crippen molar-refractivity contribution in [2.75, 3.05) is 20.3 Å². The molecule has 30 heavy (non-hydrogen) atoms. The zero-order valence-corrected chi connectivity index (χ0v) is 20.4. The van der Waals surface area contributed by atoms with E-state index in [1.54, 1.807) is 14.0 Å². The van der Waals surface area contributed by atoms with Crippen LogP contribution in [-0.4, -0.2) is 43.3 Å². The highest BCUT2D eigenvalue weighted by atomic mass is 16.6. The number of carbonyl (C=O) groups is 2. The lowest BCUT2D eigenvalue weighted by Crippen LogP contribution is -2.41. The number of hydrogen-bond acceptors (Lipinski definition) is 4. The van der Waals surface area contributed by atoms with Gasteiger partial charge in [-0.15, -0.1) is 0 Å². The first-order valence-corrected chi connectivity index (χ1v) is 12.6. The van der Waals surface area contributed by atoms with Gasteiger partial charge in [0, 0.05) is 7.05 Å². The molecule has 0 fully saturated rings. The summed E-state index contributed by atoms with van der Waals surface area (Å²) in [5.74, 6) is -0.357. The Morgan fingerprint density at radius 3 is 1.43 bits per heavy atom. The molecule has 0 aliphatic carbocycles. The second kappa shape index (κ2) is 21.0. The third-order valence-corrected chi connectivity index (χ3v) is 5.68. The highest BCUT2D eigenvalue weighted by Crippen LogP contribution is 2.11. The largest absolute Gasteiger partial charge is 0.464 e. The number of nitrogens with zero attached hydrogens (tertiary/aromatic N) is 1. The predicted octanol–water partition coefficient (Wildman–Crippen LogP) is 7.27. The molecule has 0 aliphatic heterocycles. The molecule has 178 valence electrons. The quantitative estimate of drug-likeness (QED) is 0.151. The van der Waals surface area contributed by atoms with E-state index in [4.69, 9.17) is 9.47 Å². The third-order valence-electron chi connectivity index (χ3n) is 5.68. The molecule has 1 atom stereocenters. The molecule has 5 nitrogen and oxygen atoms in total. The molecule has 0 aliphatic rings. The highest BCUT2D eigenvalue weighted by Gasteiger charge is 2.24. The van der Waals surface area contributed by atoms with Crippen LogP contribution in [0.1, 0.15) is 124 Å². The molecule has 0 saturated heterocycles. The van der Waals surface area contributed by atoms with Gasteiger partial charge in [-0.2, -0.15) is 0 Å². The van der Waals surface area contributed by atoms with Crippen molar-refractivity contribution in [1.29, 1.82) is 0 Å². The molecular weight excluding hydrogens is 378 g/mol. The van der Waals surface area contributed by atoms with Crippen LogP contribution >= 0.6 is 0 Å². The Morgan fingerprint density at radius 2 is 1.00 bits per heavy atom. The van der Waals surface area contributed by atoms with E-state index in [0.29, 0.717) is 13.2 Å². The molecule has 0 aromatic heterocycles. The zero-order chi connectivity index (χ0) is 22.5. The fourth-order valence-electron chi connectivity index (χ4n) is 3.34. The molecule has 0 saturated carbocycles. The smallest absolute Gasteiger partial charge is 0.410 e. The minimum atomic E-state index is -0.620. The van der Waals surface area contributed by atoms with Gasteiger partial charge < -0.3 is 9.47 Å². The lowest BCUT2D eigenvalue weighted by Gasteiger charge is -2.22. The van der Waals surface area contributed by atoms with Crippen molar-refractivity contribution < 1.29 is 19.1 Å². The van der Waals surface area contributed by atoms with E-state index in [-0.39, 0.29) is 5.97 Å². The number of ether oxygens (including phenoxy) is 2. The maximum Gasteiger partial charge on any atom is 0.410 e. The standard InChI is InChI=1S/C25H49NO4/c1-5-7-9-11-13-14-15-16-18-19-21-29-24(27)23(3)26(4)25(28)30-22-20-17-12-10-8-6-2/h23H,5-22H2,1-4H3. The molecule has 0 rings (SSSR count). The first-order valence-electron chi connectivity index (χ1n) is 12.6. The van der Waals surface area contributed by atoms with E-state index in [1.165, 1.54) is 81.9 Å². The molecule has 0 spiro atoms. The number of esters is 1. The van der Waals surface area contributed by atoms with E-state index in [9.17, 15) is 9.59 Å². The summed E-state index contributed by atoms with van der Waals surface area (Å²) in [5.41, 5.74) is 0. The van der Waals surface area contributed by atoms with Crippen LogP contribution < -0.4 is 0 Å². The van der Waals surface area contributed by atoms with Crippen LogP contribution in [0.2, 0.25) is 0 Å². The van der Waals surface area contributed by atoms with E-state index < -0.39 is 12.1 Å². The van der Waals surface area contributed by atoms with Crippen molar-refractivity contribution in [3.63, 3.8) is 0 Å². The Labute approximate surface area is 186 Å². The number of likely N-dealkylation sites (N-methyl/N-ethyl adjacent to an activating group) is 1. The molecule has 0 aromatic rings. The van der Waals surface area contributed by atoms with Crippen LogP contribution in [-0.2, 0) is 14.3 Å². The average Bonchev–Trinajstić information content (AvgIpc) is 2.75. The predicted molar refractivity (Wildman–Crippen MR) is 125 cm³/mol. The van der Waals surface area contributed by atoms with Gasteiger partial charge in [0.15, 0.2) is 0 Å². The molecule has 1 unspecified atom stereocenters. The number of rotatable bonds is 20. The van der Waals surface area contributed by atoms with Gasteiger partial charge in [0.1, 0.15) is 6.04 Å². The minimum Gasteiger partial charge on any atom is -0.464 e. The topological polar surface area (TPSA) is 55.8 Å². The van der Waals surface area contributed by atoms with Gasteiger partial charge >= 0.3 is 12.1 Å². The van der Waals surface area contributed by atoms with Crippen LogP contribution in [0.25, 0.3) is 0 Å². The Kier molecular flexibility index (Phi) is 20.1. The Balaban J connectivity index is 3.67. The van der Waals surface area contributed by atoms with Crippen LogP contribution in [0.3, 0.4) is 0 Å². The van der Waals surface area contributed by atoms with Gasteiger partial charge in [-0.1, -0.05) is 104 Å². The molecule has 0 bridgehead atoms. The molecule has 1 amide bonds. The summed E-state index contributed by atoms with van der Waals surface area (Å²) in [7, 11) is 1.59. The third kappa shape index (κ3) is 16.5. The first-order chi connectivity index (χ1) is 14.5. The lowest BCUT2D eigenvalue weighted by atomic mass is 10.1. The summed E-state index contributed by atoms with van der Waals surface area (Å²) in [6.45, 7) is 6.97. The van der Waals surface area contributed by atoms with Gasteiger partial charge in [0.25, 0.3) is 0 Å². The fraction of sp³-hybridized carbons (Fsp3) is 0.920. The molecule has 0 aromatic carbocycles. The van der Waals surface area contributed by atoms with E-state index in [1.807, 2.05) is 0 Å². The molecule has 0 radical (unpaired) electrons. The van der Waals surface area contributed by atoms with Crippen molar-refractivity contribution in [1.82, 2.24) is 4.90 Å². The van der Waals surface area contributed by atoms with Crippen LogP contribution in [0.5, 0.6) is 0 Å². The van der Waals surface area contributed by atoms with Crippen molar-refractivity contribution in [2.45, 2.75) is 130 Å². The molecule has 0 N–H and O–H groups in total. The Morgan fingerprint density at radius 1 is 0.633 bits per heavy atom. The minimum absolute atomic E-state index is 0.357. The van der Waals surface area contributed by atoms with E-state index in [0.717, 1.165) is 25.7 Å². The maximum atomic E-state index is 12.2. The monoisotopic (exact) mass is 427 g/mol. The number of carbonyl (C=O) groups excluding carboxylic acids is 2. The highest BCUT2D eigenvalue weighted by molar-refractivity contribution is 5.80.